The van der Waals surface area contributed by atoms with Crippen LogP contribution in [0.15, 0.2) is 12.2 Å². The molecule has 9 nitrogen and oxygen atoms in total. The summed E-state index contributed by atoms with van der Waals surface area (Å²) in [5.74, 6) is -0.138. The van der Waals surface area contributed by atoms with Gasteiger partial charge in [0.25, 0.3) is 0 Å². The van der Waals surface area contributed by atoms with Crippen molar-refractivity contribution >= 4 is 5.91 Å². The Morgan fingerprint density at radius 2 is 0.767 bits per heavy atom. The van der Waals surface area contributed by atoms with Crippen molar-refractivity contribution < 1.29 is 39.8 Å². The van der Waals surface area contributed by atoms with Crippen LogP contribution in [0, 0.1) is 0 Å². The van der Waals surface area contributed by atoms with Gasteiger partial charge in [0.2, 0.25) is 5.91 Å². The first-order chi connectivity index (χ1) is 35.8. The summed E-state index contributed by atoms with van der Waals surface area (Å²) >= 11 is 0. The Bertz CT molecular complexity index is 1150. The molecule has 7 atom stereocenters. The molecule has 1 heterocycles. The van der Waals surface area contributed by atoms with E-state index in [1.807, 2.05) is 0 Å². The Labute approximate surface area is 452 Å². The zero-order valence-electron chi connectivity index (χ0n) is 48.4. The molecule has 1 saturated heterocycles. The van der Waals surface area contributed by atoms with Gasteiger partial charge in [0, 0.05) is 6.42 Å². The van der Waals surface area contributed by atoms with Gasteiger partial charge in [-0.05, 0) is 38.5 Å². The molecule has 1 aliphatic rings. The van der Waals surface area contributed by atoms with Gasteiger partial charge in [0.1, 0.15) is 24.4 Å². The molecule has 1 rings (SSSR count). The number of unbranched alkanes of at least 4 members (excludes halogenated alkanes) is 45. The Balaban J connectivity index is 2.14. The predicted molar refractivity (Wildman–Crippen MR) is 309 cm³/mol. The molecule has 0 aromatic carbocycles. The Morgan fingerprint density at radius 3 is 1.11 bits per heavy atom. The van der Waals surface area contributed by atoms with Gasteiger partial charge in [-0.15, -0.1) is 0 Å². The molecule has 7 unspecified atom stereocenters. The van der Waals surface area contributed by atoms with Gasteiger partial charge < -0.3 is 40.3 Å². The van der Waals surface area contributed by atoms with E-state index in [0.29, 0.717) is 12.8 Å². The fraction of sp³-hybridized carbons (Fsp3) is 0.953. The minimum Gasteiger partial charge on any atom is -0.394 e. The first-order valence-electron chi connectivity index (χ1n) is 32.4. The number of hydrogen-bond donors (Lipinski definition) is 6. The fourth-order valence-corrected chi connectivity index (χ4v) is 10.7. The van der Waals surface area contributed by atoms with Gasteiger partial charge in [-0.1, -0.05) is 302 Å². The summed E-state index contributed by atoms with van der Waals surface area (Å²) in [5, 5.41) is 54.8. The highest BCUT2D eigenvalue weighted by Crippen LogP contribution is 2.24. The largest absolute Gasteiger partial charge is 0.394 e. The lowest BCUT2D eigenvalue weighted by molar-refractivity contribution is -0.302. The molecule has 9 heteroatoms. The van der Waals surface area contributed by atoms with Crippen molar-refractivity contribution in [3.05, 3.63) is 12.2 Å². The van der Waals surface area contributed by atoms with Crippen molar-refractivity contribution in [2.75, 3.05) is 13.2 Å². The molecule has 1 aliphatic heterocycles. The van der Waals surface area contributed by atoms with Crippen LogP contribution in [-0.4, -0.2) is 87.5 Å². The quantitative estimate of drug-likeness (QED) is 0.0261. The minimum atomic E-state index is -1.55. The highest BCUT2D eigenvalue weighted by Gasteiger charge is 2.44. The first kappa shape index (κ1) is 69.9. The molecule has 434 valence electrons. The van der Waals surface area contributed by atoms with Gasteiger partial charge >= 0.3 is 0 Å². The summed E-state index contributed by atoms with van der Waals surface area (Å²) in [5.41, 5.74) is 0. The number of allylic oxidation sites excluding steroid dienone is 2. The number of aliphatic hydroxyl groups is 5. The average molecular weight is 1040 g/mol. The first-order valence-corrected chi connectivity index (χ1v) is 32.4. The lowest BCUT2D eigenvalue weighted by Gasteiger charge is -2.40. The molecule has 0 radical (unpaired) electrons. The van der Waals surface area contributed by atoms with E-state index in [1.54, 1.807) is 0 Å². The highest BCUT2D eigenvalue weighted by atomic mass is 16.7. The van der Waals surface area contributed by atoms with Crippen LogP contribution in [0.1, 0.15) is 335 Å². The summed E-state index contributed by atoms with van der Waals surface area (Å²) in [6.45, 7) is 3.89. The smallest absolute Gasteiger partial charge is 0.220 e. The second-order valence-corrected chi connectivity index (χ2v) is 22.9. The number of carbonyl (C=O) groups excluding carboxylic acids is 1. The van der Waals surface area contributed by atoms with Crippen molar-refractivity contribution in [3.8, 4) is 0 Å². The molecule has 0 aromatic rings. The number of hydrogen-bond acceptors (Lipinski definition) is 8. The minimum absolute atomic E-state index is 0.133. The summed E-state index contributed by atoms with van der Waals surface area (Å²) < 4.78 is 11.4. The maximum atomic E-state index is 13.1. The van der Waals surface area contributed by atoms with Crippen molar-refractivity contribution in [3.63, 3.8) is 0 Å². The molecule has 73 heavy (non-hydrogen) atoms. The third-order valence-corrected chi connectivity index (χ3v) is 15.9. The monoisotopic (exact) mass is 1040 g/mol. The predicted octanol–water partition coefficient (Wildman–Crippen LogP) is 16.7. The third kappa shape index (κ3) is 43.6. The lowest BCUT2D eigenvalue weighted by Crippen LogP contribution is -2.60. The SMILES string of the molecule is CCCCCCCCCC/C=C\CCCCCCCCCCCCCC(=O)NC(COC1OC(CO)C(O)C(O)C1O)C(O)CCCCCCCCCCCCCCCCCCCCCCCCCCCCC. The number of rotatable bonds is 57. The van der Waals surface area contributed by atoms with Gasteiger partial charge in [-0.2, -0.15) is 0 Å². The lowest BCUT2D eigenvalue weighted by atomic mass is 9.99. The summed E-state index contributed by atoms with van der Waals surface area (Å²) in [4.78, 5) is 13.1. The number of carbonyl (C=O) groups is 1. The van der Waals surface area contributed by atoms with E-state index >= 15 is 0 Å². The molecule has 0 aliphatic carbocycles. The van der Waals surface area contributed by atoms with Crippen LogP contribution in [0.3, 0.4) is 0 Å². The van der Waals surface area contributed by atoms with E-state index in [9.17, 15) is 30.3 Å². The molecule has 1 amide bonds. The molecule has 0 aromatic heterocycles. The zero-order chi connectivity index (χ0) is 52.9. The van der Waals surface area contributed by atoms with E-state index < -0.39 is 49.5 Å². The summed E-state index contributed by atoms with van der Waals surface area (Å²) in [6, 6.07) is -0.718. The Kier molecular flexibility index (Phi) is 52.0. The maximum absolute atomic E-state index is 13.1. The van der Waals surface area contributed by atoms with Crippen molar-refractivity contribution in [2.24, 2.45) is 0 Å². The number of nitrogens with one attached hydrogen (secondary N) is 1. The molecule has 6 N–H and O–H groups in total. The van der Waals surface area contributed by atoms with Gasteiger partial charge in [-0.25, -0.2) is 0 Å². The van der Waals surface area contributed by atoms with E-state index in [1.165, 1.54) is 270 Å². The van der Waals surface area contributed by atoms with Crippen molar-refractivity contribution in [2.45, 2.75) is 378 Å². The van der Waals surface area contributed by atoms with E-state index in [2.05, 4.69) is 31.3 Å². The highest BCUT2D eigenvalue weighted by molar-refractivity contribution is 5.76. The van der Waals surface area contributed by atoms with Crippen LogP contribution in [0.25, 0.3) is 0 Å². The fourth-order valence-electron chi connectivity index (χ4n) is 10.7. The second-order valence-electron chi connectivity index (χ2n) is 22.9. The standard InChI is InChI=1S/C64H125NO8/c1-3-5-7-9-11-13-15-17-19-21-23-25-27-28-29-30-32-33-35-37-39-41-43-45-47-49-51-53-58(67)57(56-72-64-63(71)62(70)61(69)59(55-66)73-64)65-60(68)54-52-50-48-46-44-42-40-38-36-34-31-26-24-22-20-18-16-14-12-10-8-6-4-2/h22,24,57-59,61-64,66-67,69-71H,3-21,23,25-56H2,1-2H3,(H,65,68)/b24-22-. The van der Waals surface area contributed by atoms with Crippen molar-refractivity contribution in [1.82, 2.24) is 5.32 Å². The summed E-state index contributed by atoms with van der Waals surface area (Å²) in [6.07, 6.45) is 61.2. The van der Waals surface area contributed by atoms with E-state index in [0.717, 1.165) is 38.5 Å². The maximum Gasteiger partial charge on any atom is 0.220 e. The van der Waals surface area contributed by atoms with Gasteiger partial charge in [-0.3, -0.25) is 4.79 Å². The second kappa shape index (κ2) is 54.3. The number of ether oxygens (including phenoxy) is 2. The molecular formula is C64H125NO8. The molecule has 0 bridgehead atoms. The van der Waals surface area contributed by atoms with E-state index in [-0.39, 0.29) is 12.5 Å². The zero-order valence-corrected chi connectivity index (χ0v) is 48.4. The van der Waals surface area contributed by atoms with Crippen LogP contribution in [-0.2, 0) is 14.3 Å². The van der Waals surface area contributed by atoms with Crippen LogP contribution >= 0.6 is 0 Å². The van der Waals surface area contributed by atoms with E-state index in [4.69, 9.17) is 9.47 Å². The average Bonchev–Trinajstić information content (AvgIpc) is 3.39. The van der Waals surface area contributed by atoms with Crippen LogP contribution in [0.2, 0.25) is 0 Å². The number of amides is 1. The van der Waals surface area contributed by atoms with Crippen molar-refractivity contribution in [1.29, 1.82) is 0 Å². The van der Waals surface area contributed by atoms with Gasteiger partial charge in [0.05, 0.1) is 25.4 Å². The Morgan fingerprint density at radius 1 is 0.452 bits per heavy atom. The summed E-state index contributed by atoms with van der Waals surface area (Å²) in [7, 11) is 0. The Hall–Kier alpha value is -1.07. The normalized spacial score (nSPS) is 19.0. The molecule has 0 spiro atoms. The van der Waals surface area contributed by atoms with Gasteiger partial charge in [0.15, 0.2) is 6.29 Å². The van der Waals surface area contributed by atoms with Crippen LogP contribution < -0.4 is 5.32 Å². The van der Waals surface area contributed by atoms with Crippen LogP contribution in [0.4, 0.5) is 0 Å². The molecule has 0 saturated carbocycles. The number of aliphatic hydroxyl groups excluding tert-OH is 5. The molecule has 1 fully saturated rings. The third-order valence-electron chi connectivity index (χ3n) is 15.9. The topological polar surface area (TPSA) is 149 Å². The van der Waals surface area contributed by atoms with Crippen LogP contribution in [0.5, 0.6) is 0 Å². The molecular weight excluding hydrogens is 911 g/mol.